The first kappa shape index (κ1) is 15.4. The van der Waals surface area contributed by atoms with E-state index >= 15 is 0 Å². The van der Waals surface area contributed by atoms with Crippen LogP contribution in [0.15, 0.2) is 0 Å². The van der Waals surface area contributed by atoms with Crippen LogP contribution in [0.2, 0.25) is 0 Å². The zero-order valence-corrected chi connectivity index (χ0v) is 12.1. The quantitative estimate of drug-likeness (QED) is 0.528. The summed E-state index contributed by atoms with van der Waals surface area (Å²) >= 11 is 0. The van der Waals surface area contributed by atoms with Crippen LogP contribution in [0.1, 0.15) is 40.0 Å². The summed E-state index contributed by atoms with van der Waals surface area (Å²) in [7, 11) is 0. The Kier molecular flexibility index (Phi) is 5.83. The molecule has 1 aliphatic carbocycles. The smallest absolute Gasteiger partial charge is 0.550 e. The minimum Gasteiger partial charge on any atom is -0.550 e. The van der Waals surface area contributed by atoms with Gasteiger partial charge in [0.05, 0.1) is 6.10 Å². The molecule has 3 unspecified atom stereocenters. The molecule has 1 aliphatic rings. The fourth-order valence-corrected chi connectivity index (χ4v) is 2.36. The summed E-state index contributed by atoms with van der Waals surface area (Å²) in [6.45, 7) is 5.80. The van der Waals surface area contributed by atoms with Gasteiger partial charge in [-0.3, -0.25) is 0 Å². The van der Waals surface area contributed by atoms with Gasteiger partial charge in [-0.2, -0.15) is 0 Å². The maximum Gasteiger partial charge on any atom is 1.00 e. The van der Waals surface area contributed by atoms with Gasteiger partial charge in [0.15, 0.2) is 0 Å². The van der Waals surface area contributed by atoms with Crippen LogP contribution in [0.4, 0.5) is 0 Å². The Hall–Kier alpha value is 0.430. The van der Waals surface area contributed by atoms with Gasteiger partial charge in [-0.15, -0.1) is 0 Å². The summed E-state index contributed by atoms with van der Waals surface area (Å²) in [5.74, 6) is -0.377. The van der Waals surface area contributed by atoms with E-state index in [1.807, 2.05) is 0 Å². The number of carbonyl (C=O) groups is 1. The molecule has 1 N–H and O–H groups in total. The van der Waals surface area contributed by atoms with Gasteiger partial charge < -0.3 is 15.0 Å². The molecule has 0 amide bonds. The fourth-order valence-electron chi connectivity index (χ4n) is 2.36. The number of hydrogen-bond donors (Lipinski definition) is 1. The summed E-state index contributed by atoms with van der Waals surface area (Å²) < 4.78 is 0. The number of aliphatic hydroxyl groups is 1. The predicted molar refractivity (Wildman–Crippen MR) is 51.3 cm³/mol. The van der Waals surface area contributed by atoms with Crippen molar-refractivity contribution in [2.24, 2.45) is 17.3 Å². The summed E-state index contributed by atoms with van der Waals surface area (Å²) in [4.78, 5) is 10.9. The van der Waals surface area contributed by atoms with E-state index in [0.29, 0.717) is 18.8 Å². The van der Waals surface area contributed by atoms with E-state index in [2.05, 4.69) is 13.8 Å². The molecule has 3 atom stereocenters. The first-order valence-corrected chi connectivity index (χ1v) is 5.26. The maximum absolute atomic E-state index is 10.9. The molecule has 1 rings (SSSR count). The Bertz CT molecular complexity index is 230. The second-order valence-electron chi connectivity index (χ2n) is 5.07. The first-order valence-electron chi connectivity index (χ1n) is 5.26. The van der Waals surface area contributed by atoms with Gasteiger partial charge >= 0.3 is 29.6 Å². The van der Waals surface area contributed by atoms with Crippen LogP contribution >= 0.6 is 0 Å². The zero-order valence-electron chi connectivity index (χ0n) is 10.1. The van der Waals surface area contributed by atoms with Crippen molar-refractivity contribution < 1.29 is 44.6 Å². The van der Waals surface area contributed by atoms with Crippen molar-refractivity contribution in [3.8, 4) is 0 Å². The molecule has 0 aliphatic heterocycles. The van der Waals surface area contributed by atoms with E-state index in [4.69, 9.17) is 0 Å². The molecule has 4 heteroatoms. The molecule has 15 heavy (non-hydrogen) atoms. The van der Waals surface area contributed by atoms with E-state index < -0.39 is 17.5 Å². The van der Waals surface area contributed by atoms with Gasteiger partial charge in [0, 0.05) is 11.4 Å². The number of rotatable bonds is 2. The third-order valence-corrected chi connectivity index (χ3v) is 3.53. The Balaban J connectivity index is 0.00000196. The normalized spacial score (nSPS) is 36.1. The number of carboxylic acids is 1. The van der Waals surface area contributed by atoms with Gasteiger partial charge in [0.25, 0.3) is 0 Å². The summed E-state index contributed by atoms with van der Waals surface area (Å²) in [5.41, 5.74) is -0.829. The van der Waals surface area contributed by atoms with Crippen LogP contribution in [-0.2, 0) is 4.79 Å². The molecular formula is C11H19NaO3. The van der Waals surface area contributed by atoms with Crippen molar-refractivity contribution in [2.75, 3.05) is 0 Å². The van der Waals surface area contributed by atoms with Crippen molar-refractivity contribution in [3.05, 3.63) is 0 Å². The second kappa shape index (κ2) is 5.67. The number of carbonyl (C=O) groups excluding carboxylic acids is 1. The average molecular weight is 222 g/mol. The molecule has 0 heterocycles. The minimum atomic E-state index is -1.03. The van der Waals surface area contributed by atoms with Crippen molar-refractivity contribution in [3.63, 3.8) is 0 Å². The Labute approximate surface area is 114 Å². The van der Waals surface area contributed by atoms with Crippen molar-refractivity contribution in [2.45, 2.75) is 46.1 Å². The fraction of sp³-hybridized carbons (Fsp3) is 0.909. The summed E-state index contributed by atoms with van der Waals surface area (Å²) in [6, 6.07) is 0. The molecule has 1 fully saturated rings. The van der Waals surface area contributed by atoms with Gasteiger partial charge in [-0.25, -0.2) is 0 Å². The molecule has 0 aromatic rings. The van der Waals surface area contributed by atoms with E-state index in [9.17, 15) is 15.0 Å². The van der Waals surface area contributed by atoms with Gasteiger partial charge in [0.2, 0.25) is 0 Å². The third kappa shape index (κ3) is 3.45. The summed E-state index contributed by atoms with van der Waals surface area (Å²) in [5, 5.41) is 20.7. The number of aliphatic carboxylic acids is 1. The molecular weight excluding hydrogens is 203 g/mol. The van der Waals surface area contributed by atoms with Crippen LogP contribution < -0.4 is 34.7 Å². The third-order valence-electron chi connectivity index (χ3n) is 3.53. The van der Waals surface area contributed by atoms with Gasteiger partial charge in [-0.05, 0) is 31.1 Å². The number of carboxylic acid groups (broad SMARTS) is 1. The van der Waals surface area contributed by atoms with Crippen molar-refractivity contribution >= 4 is 5.97 Å². The monoisotopic (exact) mass is 222 g/mol. The maximum atomic E-state index is 10.9. The molecule has 0 aromatic carbocycles. The minimum absolute atomic E-state index is 0. The van der Waals surface area contributed by atoms with E-state index in [1.165, 1.54) is 0 Å². The molecule has 82 valence electrons. The summed E-state index contributed by atoms with van der Waals surface area (Å²) in [6.07, 6.45) is 1.24. The van der Waals surface area contributed by atoms with Gasteiger partial charge in [-0.1, -0.05) is 20.8 Å². The van der Waals surface area contributed by atoms with Crippen LogP contribution in [0, 0.1) is 17.3 Å². The number of hydrogen-bond acceptors (Lipinski definition) is 3. The first-order chi connectivity index (χ1) is 6.37. The van der Waals surface area contributed by atoms with Crippen LogP contribution in [0.25, 0.3) is 0 Å². The van der Waals surface area contributed by atoms with E-state index in [1.54, 1.807) is 6.92 Å². The van der Waals surface area contributed by atoms with Crippen LogP contribution in [-0.4, -0.2) is 17.2 Å². The van der Waals surface area contributed by atoms with E-state index in [0.717, 1.165) is 6.42 Å². The Morgan fingerprint density at radius 2 is 2.07 bits per heavy atom. The molecule has 3 nitrogen and oxygen atoms in total. The number of aliphatic hydroxyl groups excluding tert-OH is 1. The van der Waals surface area contributed by atoms with Crippen molar-refractivity contribution in [1.29, 1.82) is 0 Å². The molecule has 0 aromatic heterocycles. The molecule has 0 spiro atoms. The molecule has 0 radical (unpaired) electrons. The molecule has 0 saturated heterocycles. The second-order valence-corrected chi connectivity index (χ2v) is 5.07. The predicted octanol–water partition coefficient (Wildman–Crippen LogP) is -2.44. The van der Waals surface area contributed by atoms with Crippen LogP contribution in [0.5, 0.6) is 0 Å². The zero-order chi connectivity index (χ0) is 10.9. The SMILES string of the molecule is CC(C)C1CCC(C)(C(=O)[O-])CC1O.[Na+]. The Morgan fingerprint density at radius 3 is 2.40 bits per heavy atom. The standard InChI is InChI=1S/C11H20O3.Na/c1-7(2)8-4-5-11(3,10(13)14)6-9(8)12;/h7-9,12H,4-6H2,1-3H3,(H,13,14);/q;+1/p-1. The van der Waals surface area contributed by atoms with Crippen LogP contribution in [0.3, 0.4) is 0 Å². The Morgan fingerprint density at radius 1 is 1.53 bits per heavy atom. The van der Waals surface area contributed by atoms with E-state index in [-0.39, 0.29) is 35.5 Å². The largest absolute Gasteiger partial charge is 1.00 e. The average Bonchev–Trinajstić information content (AvgIpc) is 2.02. The molecule has 1 saturated carbocycles. The topological polar surface area (TPSA) is 60.4 Å². The van der Waals surface area contributed by atoms with Gasteiger partial charge in [0.1, 0.15) is 0 Å². The molecule has 0 bridgehead atoms. The van der Waals surface area contributed by atoms with Crippen molar-refractivity contribution in [1.82, 2.24) is 0 Å².